The Hall–Kier alpha value is -2.79. The summed E-state index contributed by atoms with van der Waals surface area (Å²) in [7, 11) is 0. The van der Waals surface area contributed by atoms with Gasteiger partial charge in [-0.3, -0.25) is 9.59 Å². The van der Waals surface area contributed by atoms with Crippen molar-refractivity contribution in [1.29, 1.82) is 0 Å². The average Bonchev–Trinajstić information content (AvgIpc) is 3.06. The zero-order valence-electron chi connectivity index (χ0n) is 16.2. The number of likely N-dealkylation sites (tertiary alicyclic amines) is 1. The van der Waals surface area contributed by atoms with Gasteiger partial charge in [0.25, 0.3) is 11.8 Å². The van der Waals surface area contributed by atoms with E-state index in [1.54, 1.807) is 6.92 Å². The maximum atomic E-state index is 14.2. The summed E-state index contributed by atoms with van der Waals surface area (Å²) >= 11 is 0. The maximum absolute atomic E-state index is 14.2. The molecule has 1 aliphatic heterocycles. The number of fused-ring (bicyclic) bond motifs is 1. The topological polar surface area (TPSA) is 78.1 Å². The molecule has 3 heterocycles. The number of alkyl halides is 5. The molecule has 4 rings (SSSR count). The van der Waals surface area contributed by atoms with Crippen LogP contribution in [0.3, 0.4) is 0 Å². The summed E-state index contributed by atoms with van der Waals surface area (Å²) < 4.78 is 79.8. The first-order valence-electron chi connectivity index (χ1n) is 9.60. The van der Waals surface area contributed by atoms with Crippen LogP contribution in [0.1, 0.15) is 42.4 Å². The van der Waals surface area contributed by atoms with Gasteiger partial charge in [-0.15, -0.1) is 0 Å². The molecule has 31 heavy (non-hydrogen) atoms. The predicted molar refractivity (Wildman–Crippen MR) is 95.8 cm³/mol. The molecule has 1 saturated heterocycles. The van der Waals surface area contributed by atoms with Crippen molar-refractivity contribution in [3.05, 3.63) is 29.5 Å². The van der Waals surface area contributed by atoms with E-state index >= 15 is 0 Å². The Morgan fingerprint density at radius 1 is 1.35 bits per heavy atom. The first-order chi connectivity index (χ1) is 14.4. The zero-order valence-corrected chi connectivity index (χ0v) is 16.2. The molecule has 2 amide bonds. The molecule has 2 N–H and O–H groups in total. The summed E-state index contributed by atoms with van der Waals surface area (Å²) in [6.07, 6.45) is -4.14. The van der Waals surface area contributed by atoms with Gasteiger partial charge >= 0.3 is 6.18 Å². The second-order valence-electron chi connectivity index (χ2n) is 8.03. The number of carbonyl (C=O) groups is 2. The Balaban J connectivity index is 1.49. The molecule has 2 aromatic rings. The van der Waals surface area contributed by atoms with E-state index in [0.29, 0.717) is 0 Å². The molecule has 6 nitrogen and oxygen atoms in total. The van der Waals surface area contributed by atoms with Gasteiger partial charge in [-0.2, -0.15) is 13.2 Å². The van der Waals surface area contributed by atoms with Crippen LogP contribution in [-0.2, 0) is 11.0 Å². The molecule has 1 unspecified atom stereocenters. The molecule has 2 atom stereocenters. The van der Waals surface area contributed by atoms with E-state index in [9.17, 15) is 35.9 Å². The van der Waals surface area contributed by atoms with Crippen molar-refractivity contribution in [1.82, 2.24) is 20.2 Å². The lowest BCUT2D eigenvalue weighted by Gasteiger charge is -2.23. The highest BCUT2D eigenvalue weighted by atomic mass is 19.4. The van der Waals surface area contributed by atoms with Crippen LogP contribution in [0.2, 0.25) is 0 Å². The predicted octanol–water partition coefficient (Wildman–Crippen LogP) is 3.49. The number of H-pyrrole nitrogens is 1. The van der Waals surface area contributed by atoms with Gasteiger partial charge in [0.05, 0.1) is 17.1 Å². The number of aromatic amines is 1. The van der Waals surface area contributed by atoms with Crippen molar-refractivity contribution in [2.24, 2.45) is 5.41 Å². The van der Waals surface area contributed by atoms with E-state index in [1.807, 2.05) is 0 Å². The highest BCUT2D eigenvalue weighted by molar-refractivity contribution is 6.00. The number of hydrogen-bond donors (Lipinski definition) is 2. The van der Waals surface area contributed by atoms with E-state index in [1.165, 1.54) is 4.90 Å². The second kappa shape index (κ2) is 6.86. The molecule has 2 fully saturated rings. The fourth-order valence-corrected chi connectivity index (χ4v) is 4.07. The summed E-state index contributed by atoms with van der Waals surface area (Å²) in [4.78, 5) is 32.1. The Kier molecular flexibility index (Phi) is 4.74. The summed E-state index contributed by atoms with van der Waals surface area (Å²) in [5, 5.41) is 1.97. The average molecular weight is 448 g/mol. The molecule has 0 bridgehead atoms. The smallest absolute Gasteiger partial charge is 0.349 e. The number of amides is 2. The summed E-state index contributed by atoms with van der Waals surface area (Å²) in [6.45, 7) is 1.68. The van der Waals surface area contributed by atoms with Gasteiger partial charge in [-0.1, -0.05) is 6.92 Å². The number of pyridine rings is 1. The van der Waals surface area contributed by atoms with Crippen LogP contribution in [0.5, 0.6) is 0 Å². The van der Waals surface area contributed by atoms with Crippen molar-refractivity contribution in [2.45, 2.75) is 44.3 Å². The minimum absolute atomic E-state index is 0.0886. The van der Waals surface area contributed by atoms with Crippen LogP contribution in [-0.4, -0.2) is 51.7 Å². The fourth-order valence-electron chi connectivity index (χ4n) is 4.07. The van der Waals surface area contributed by atoms with Gasteiger partial charge in [0.15, 0.2) is 11.5 Å². The molecule has 1 aliphatic carbocycles. The number of aromatic nitrogens is 2. The van der Waals surface area contributed by atoms with Crippen molar-refractivity contribution in [2.75, 3.05) is 13.1 Å². The first kappa shape index (κ1) is 21.4. The third-order valence-corrected chi connectivity index (χ3v) is 6.02. The number of nitrogens with one attached hydrogen (secondary N) is 2. The number of rotatable bonds is 4. The van der Waals surface area contributed by atoms with Gasteiger partial charge in [-0.25, -0.2) is 18.2 Å². The molecule has 2 aromatic heterocycles. The molecule has 2 aliphatic rings. The van der Waals surface area contributed by atoms with Gasteiger partial charge in [0.1, 0.15) is 11.7 Å². The Morgan fingerprint density at radius 2 is 2.03 bits per heavy atom. The molecule has 12 heteroatoms. The van der Waals surface area contributed by atoms with Crippen LogP contribution >= 0.6 is 0 Å². The lowest BCUT2D eigenvalue weighted by Crippen LogP contribution is -2.47. The minimum Gasteiger partial charge on any atom is -0.349 e. The third kappa shape index (κ3) is 3.51. The van der Waals surface area contributed by atoms with Crippen LogP contribution in [0.15, 0.2) is 12.3 Å². The van der Waals surface area contributed by atoms with E-state index in [4.69, 9.17) is 0 Å². The summed E-state index contributed by atoms with van der Waals surface area (Å²) in [6, 6.07) is -0.112. The van der Waals surface area contributed by atoms with Gasteiger partial charge < -0.3 is 15.2 Å². The van der Waals surface area contributed by atoms with Crippen molar-refractivity contribution in [3.8, 4) is 0 Å². The molecule has 168 valence electrons. The second-order valence-corrected chi connectivity index (χ2v) is 8.03. The Labute approximate surface area is 172 Å². The first-order valence-corrected chi connectivity index (χ1v) is 9.60. The lowest BCUT2D eigenvalue weighted by atomic mass is 10.1. The van der Waals surface area contributed by atoms with Crippen LogP contribution in [0, 0.1) is 11.2 Å². The number of hydrogen-bond acceptors (Lipinski definition) is 3. The third-order valence-electron chi connectivity index (χ3n) is 6.02. The van der Waals surface area contributed by atoms with Crippen LogP contribution in [0.4, 0.5) is 26.3 Å². The summed E-state index contributed by atoms with van der Waals surface area (Å²) in [5.41, 5.74) is -3.25. The maximum Gasteiger partial charge on any atom is 0.436 e. The quantitative estimate of drug-likeness (QED) is 0.703. The van der Waals surface area contributed by atoms with Gasteiger partial charge in [0.2, 0.25) is 5.91 Å². The standard InChI is InChI=1S/C19H18F6N4O2/c1-2-10(16(31)29-4-3-17(8-29)7-18(17,21)22)28-15(30)11-5-9-12(27-11)6-26-14(13(9)20)19(23,24)25/h5-6,10,27H,2-4,7-8H2,1H3,(H,28,30)/t10-,17?/m1/s1. The fraction of sp³-hybridized carbons (Fsp3) is 0.526. The van der Waals surface area contributed by atoms with E-state index < -0.39 is 52.3 Å². The molecule has 0 aromatic carbocycles. The molecular weight excluding hydrogens is 430 g/mol. The lowest BCUT2D eigenvalue weighted by molar-refractivity contribution is -0.143. The van der Waals surface area contributed by atoms with Crippen molar-refractivity contribution in [3.63, 3.8) is 0 Å². The van der Waals surface area contributed by atoms with Crippen LogP contribution < -0.4 is 5.32 Å². The Morgan fingerprint density at radius 3 is 2.58 bits per heavy atom. The number of halogens is 6. The monoisotopic (exact) mass is 448 g/mol. The molecule has 1 spiro atoms. The summed E-state index contributed by atoms with van der Waals surface area (Å²) in [5.74, 6) is -5.75. The molecule has 1 saturated carbocycles. The largest absolute Gasteiger partial charge is 0.436 e. The van der Waals surface area contributed by atoms with Gasteiger partial charge in [-0.05, 0) is 18.9 Å². The Bertz CT molecular complexity index is 1070. The highest BCUT2D eigenvalue weighted by Gasteiger charge is 2.73. The van der Waals surface area contributed by atoms with E-state index in [2.05, 4.69) is 15.3 Å². The van der Waals surface area contributed by atoms with Crippen molar-refractivity contribution < 1.29 is 35.9 Å². The minimum atomic E-state index is -5.00. The number of carbonyl (C=O) groups excluding carboxylic acids is 2. The molecule has 0 radical (unpaired) electrons. The SMILES string of the molecule is CC[C@@H](NC(=O)c1cc2c(F)c(C(F)(F)F)ncc2[nH]1)C(=O)N1CCC2(C1)CC2(F)F. The zero-order chi connectivity index (χ0) is 22.8. The normalized spacial score (nSPS) is 23.4. The highest BCUT2D eigenvalue weighted by Crippen LogP contribution is 2.65. The number of nitrogens with zero attached hydrogens (tertiary/aromatic N) is 2. The van der Waals surface area contributed by atoms with Crippen LogP contribution in [0.25, 0.3) is 10.9 Å². The van der Waals surface area contributed by atoms with Crippen molar-refractivity contribution >= 4 is 22.7 Å². The van der Waals surface area contributed by atoms with E-state index in [-0.39, 0.29) is 43.6 Å². The van der Waals surface area contributed by atoms with E-state index in [0.717, 1.165) is 12.3 Å². The van der Waals surface area contributed by atoms with Gasteiger partial charge in [0, 0.05) is 24.9 Å². The molecular formula is C19H18F6N4O2.